The van der Waals surface area contributed by atoms with Gasteiger partial charge in [-0.25, -0.2) is 4.98 Å². The van der Waals surface area contributed by atoms with E-state index in [1.54, 1.807) is 11.3 Å². The zero-order chi connectivity index (χ0) is 17.6. The molecule has 0 bridgehead atoms. The monoisotopic (exact) mass is 479 g/mol. The molecule has 7 heteroatoms. The van der Waals surface area contributed by atoms with Crippen LogP contribution in [-0.2, 0) is 11.8 Å². The molecule has 0 amide bonds. The normalized spacial score (nSPS) is 18.9. The minimum atomic E-state index is 0. The first-order chi connectivity index (χ1) is 11.4. The second-order valence-corrected chi connectivity index (χ2v) is 8.37. The van der Waals surface area contributed by atoms with E-state index in [1.807, 2.05) is 7.05 Å². The average Bonchev–Trinajstić information content (AvgIpc) is 3.18. The van der Waals surface area contributed by atoms with Crippen LogP contribution in [0.5, 0.6) is 0 Å². The van der Waals surface area contributed by atoms with Crippen LogP contribution in [0, 0.1) is 0 Å². The van der Waals surface area contributed by atoms with Gasteiger partial charge in [-0.15, -0.1) is 35.3 Å². The van der Waals surface area contributed by atoms with Crippen LogP contribution in [0.25, 0.3) is 0 Å². The fourth-order valence-electron chi connectivity index (χ4n) is 3.04. The summed E-state index contributed by atoms with van der Waals surface area (Å²) in [6.45, 7) is 13.1. The van der Waals surface area contributed by atoms with E-state index in [4.69, 9.17) is 4.98 Å². The zero-order valence-electron chi connectivity index (χ0n) is 16.3. The molecule has 5 nitrogen and oxygen atoms in total. The van der Waals surface area contributed by atoms with E-state index in [1.165, 1.54) is 30.1 Å². The lowest BCUT2D eigenvalue weighted by Gasteiger charge is -2.23. The van der Waals surface area contributed by atoms with E-state index < -0.39 is 0 Å². The van der Waals surface area contributed by atoms with Gasteiger partial charge in [0.05, 0.1) is 10.7 Å². The maximum absolute atomic E-state index is 4.75. The van der Waals surface area contributed by atoms with Gasteiger partial charge in [0.25, 0.3) is 0 Å². The van der Waals surface area contributed by atoms with Crippen molar-refractivity contribution in [3.63, 3.8) is 0 Å². The molecule has 1 unspecified atom stereocenters. The summed E-state index contributed by atoms with van der Waals surface area (Å²) < 4.78 is 0. The lowest BCUT2D eigenvalue weighted by atomic mass is 9.93. The van der Waals surface area contributed by atoms with Gasteiger partial charge in [-0.05, 0) is 25.9 Å². The molecule has 1 fully saturated rings. The first-order valence-corrected chi connectivity index (χ1v) is 9.95. The Labute approximate surface area is 174 Å². The van der Waals surface area contributed by atoms with Gasteiger partial charge in [0.2, 0.25) is 0 Å². The van der Waals surface area contributed by atoms with E-state index >= 15 is 0 Å². The Morgan fingerprint density at radius 1 is 1.40 bits per heavy atom. The molecule has 25 heavy (non-hydrogen) atoms. The summed E-state index contributed by atoms with van der Waals surface area (Å²) in [5.41, 5.74) is 1.32. The first-order valence-electron chi connectivity index (χ1n) is 9.07. The van der Waals surface area contributed by atoms with Crippen LogP contribution in [0.4, 0.5) is 0 Å². The summed E-state index contributed by atoms with van der Waals surface area (Å²) in [6.07, 6.45) is 3.53. The van der Waals surface area contributed by atoms with Gasteiger partial charge >= 0.3 is 0 Å². The lowest BCUT2D eigenvalue weighted by Crippen LogP contribution is -2.45. The summed E-state index contributed by atoms with van der Waals surface area (Å²) in [5.74, 6) is 0.894. The van der Waals surface area contributed by atoms with Crippen LogP contribution in [0.15, 0.2) is 10.4 Å². The SMILES string of the molecule is CCN1CCCC1CNC(=NC)NCCc1nc(C(C)(C)C)cs1.I. The molecule has 0 radical (unpaired) electrons. The molecule has 0 aliphatic carbocycles. The molecule has 1 saturated heterocycles. The molecule has 0 saturated carbocycles. The lowest BCUT2D eigenvalue weighted by molar-refractivity contribution is 0.267. The van der Waals surface area contributed by atoms with Crippen molar-refractivity contribution in [2.45, 2.75) is 58.4 Å². The molecule has 0 spiro atoms. The second-order valence-electron chi connectivity index (χ2n) is 7.43. The third-order valence-electron chi connectivity index (χ3n) is 4.59. The highest BCUT2D eigenvalue weighted by Crippen LogP contribution is 2.23. The number of aromatic nitrogens is 1. The highest BCUT2D eigenvalue weighted by Gasteiger charge is 2.22. The third kappa shape index (κ3) is 7.02. The maximum atomic E-state index is 4.75. The zero-order valence-corrected chi connectivity index (χ0v) is 19.4. The maximum Gasteiger partial charge on any atom is 0.191 e. The molecule has 1 aromatic heterocycles. The van der Waals surface area contributed by atoms with E-state index in [2.05, 4.69) is 53.6 Å². The molecule has 2 N–H and O–H groups in total. The van der Waals surface area contributed by atoms with Crippen LogP contribution in [0.1, 0.15) is 51.2 Å². The summed E-state index contributed by atoms with van der Waals surface area (Å²) in [6, 6.07) is 0.641. The number of nitrogens with one attached hydrogen (secondary N) is 2. The Balaban J connectivity index is 0.00000312. The highest BCUT2D eigenvalue weighted by molar-refractivity contribution is 14.0. The molecule has 2 rings (SSSR count). The predicted octanol–water partition coefficient (Wildman–Crippen LogP) is 3.25. The minimum absolute atomic E-state index is 0. The quantitative estimate of drug-likeness (QED) is 0.374. The van der Waals surface area contributed by atoms with Crippen molar-refractivity contribution in [3.8, 4) is 0 Å². The molecule has 1 aliphatic rings. The van der Waals surface area contributed by atoms with E-state index in [0.717, 1.165) is 32.0 Å². The summed E-state index contributed by atoms with van der Waals surface area (Å²) >= 11 is 1.75. The van der Waals surface area contributed by atoms with Gasteiger partial charge in [0.15, 0.2) is 5.96 Å². The second kappa shape index (κ2) is 10.7. The van der Waals surface area contributed by atoms with Crippen LogP contribution in [0.2, 0.25) is 0 Å². The fourth-order valence-corrected chi connectivity index (χ4v) is 4.06. The van der Waals surface area contributed by atoms with Crippen LogP contribution in [-0.4, -0.2) is 55.1 Å². The number of thiazole rings is 1. The van der Waals surface area contributed by atoms with E-state index in [9.17, 15) is 0 Å². The Bertz CT molecular complexity index is 538. The number of rotatable bonds is 6. The fraction of sp³-hybridized carbons (Fsp3) is 0.778. The number of likely N-dealkylation sites (N-methyl/N-ethyl adjacent to an activating group) is 1. The van der Waals surface area contributed by atoms with Crippen LogP contribution in [0.3, 0.4) is 0 Å². The molecular weight excluding hydrogens is 445 g/mol. The van der Waals surface area contributed by atoms with Gasteiger partial charge in [-0.1, -0.05) is 27.7 Å². The van der Waals surface area contributed by atoms with Crippen molar-refractivity contribution in [1.29, 1.82) is 0 Å². The van der Waals surface area contributed by atoms with Crippen molar-refractivity contribution in [3.05, 3.63) is 16.1 Å². The molecular formula is C18H34IN5S. The minimum Gasteiger partial charge on any atom is -0.356 e. The Hall–Kier alpha value is -0.410. The molecule has 1 aliphatic heterocycles. The van der Waals surface area contributed by atoms with Crippen LogP contribution >= 0.6 is 35.3 Å². The molecule has 144 valence electrons. The van der Waals surface area contributed by atoms with Crippen LogP contribution < -0.4 is 10.6 Å². The first kappa shape index (κ1) is 22.6. The number of aliphatic imine (C=N–C) groups is 1. The Morgan fingerprint density at radius 3 is 2.76 bits per heavy atom. The number of likely N-dealkylation sites (tertiary alicyclic amines) is 1. The van der Waals surface area contributed by atoms with Crippen molar-refractivity contribution >= 4 is 41.3 Å². The van der Waals surface area contributed by atoms with E-state index in [-0.39, 0.29) is 29.4 Å². The topological polar surface area (TPSA) is 52.5 Å². The van der Waals surface area contributed by atoms with Gasteiger partial charge < -0.3 is 10.6 Å². The van der Waals surface area contributed by atoms with Crippen molar-refractivity contribution in [2.24, 2.45) is 4.99 Å². The van der Waals surface area contributed by atoms with Gasteiger partial charge in [0.1, 0.15) is 0 Å². The highest BCUT2D eigenvalue weighted by atomic mass is 127. The largest absolute Gasteiger partial charge is 0.356 e. The van der Waals surface area contributed by atoms with Gasteiger partial charge in [-0.3, -0.25) is 9.89 Å². The van der Waals surface area contributed by atoms with E-state index in [0.29, 0.717) is 6.04 Å². The number of hydrogen-bond donors (Lipinski definition) is 2. The molecule has 0 aromatic carbocycles. The average molecular weight is 479 g/mol. The predicted molar refractivity (Wildman–Crippen MR) is 120 cm³/mol. The number of hydrogen-bond acceptors (Lipinski definition) is 4. The van der Waals surface area contributed by atoms with Gasteiger partial charge in [0, 0.05) is 43.4 Å². The third-order valence-corrected chi connectivity index (χ3v) is 5.49. The number of guanidine groups is 1. The standard InChI is InChI=1S/C18H33N5S.HI/c1-6-23-11-7-8-14(23)12-21-17(19-5)20-10-9-16-22-15(13-24-16)18(2,3)4;/h13-14H,6-12H2,1-5H3,(H2,19,20,21);1H. The number of halogens is 1. The van der Waals surface area contributed by atoms with Crippen molar-refractivity contribution in [2.75, 3.05) is 33.2 Å². The van der Waals surface area contributed by atoms with Crippen molar-refractivity contribution in [1.82, 2.24) is 20.5 Å². The summed E-state index contributed by atoms with van der Waals surface area (Å²) in [4.78, 5) is 11.6. The smallest absolute Gasteiger partial charge is 0.191 e. The summed E-state index contributed by atoms with van der Waals surface area (Å²) in [7, 11) is 1.84. The Morgan fingerprint density at radius 2 is 2.16 bits per heavy atom. The molecule has 1 atom stereocenters. The molecule has 2 heterocycles. The summed E-state index contributed by atoms with van der Waals surface area (Å²) in [5, 5.41) is 10.3. The Kier molecular flexibility index (Phi) is 9.66. The van der Waals surface area contributed by atoms with Gasteiger partial charge in [-0.2, -0.15) is 0 Å². The van der Waals surface area contributed by atoms with Crippen molar-refractivity contribution < 1.29 is 0 Å². The molecule has 1 aromatic rings. The number of nitrogens with zero attached hydrogens (tertiary/aromatic N) is 3.